The maximum absolute atomic E-state index is 5.22. The molecule has 0 N–H and O–H groups in total. The quantitative estimate of drug-likeness (QED) is 0.675. The summed E-state index contributed by atoms with van der Waals surface area (Å²) in [6.45, 7) is 0. The van der Waals surface area contributed by atoms with Gasteiger partial charge in [0.05, 0.1) is 6.20 Å². The molecule has 1 aromatic rings. The molecule has 4 heteroatoms. The van der Waals surface area contributed by atoms with Crippen LogP contribution < -0.4 is 0 Å². The van der Waals surface area contributed by atoms with Gasteiger partial charge >= 0.3 is 0 Å². The predicted octanol–water partition coefficient (Wildman–Crippen LogP) is 2.54. The number of hydrogen-bond donors (Lipinski definition) is 0. The molecule has 0 radical (unpaired) electrons. The maximum atomic E-state index is 5.22. The Balaban J connectivity index is 2.04. The smallest absolute Gasteiger partial charge is 0.180 e. The van der Waals surface area contributed by atoms with Crippen LogP contribution in [-0.2, 0) is 0 Å². The second-order valence-corrected chi connectivity index (χ2v) is 5.06. The lowest BCUT2D eigenvalue weighted by molar-refractivity contribution is 0.521. The summed E-state index contributed by atoms with van der Waals surface area (Å²) >= 11 is 3.90. The summed E-state index contributed by atoms with van der Waals surface area (Å²) in [7, 11) is 0. The van der Waals surface area contributed by atoms with Crippen LogP contribution in [0.3, 0.4) is 0 Å². The van der Waals surface area contributed by atoms with Gasteiger partial charge in [-0.3, -0.25) is 0 Å². The summed E-state index contributed by atoms with van der Waals surface area (Å²) in [6.07, 6.45) is 4.64. The standard InChI is InChI=1S/C7H9NOS2/c1-2-10-7(11-3-1)6-4-8-5-9-6/h4-5,7H,1-3H2. The van der Waals surface area contributed by atoms with Crippen LogP contribution in [0.15, 0.2) is 17.0 Å². The Bertz CT molecular complexity index is 206. The van der Waals surface area contributed by atoms with Gasteiger partial charge in [0.2, 0.25) is 0 Å². The number of oxazole rings is 1. The third-order valence-corrected chi connectivity index (χ3v) is 4.45. The highest BCUT2D eigenvalue weighted by atomic mass is 32.2. The van der Waals surface area contributed by atoms with Crippen molar-refractivity contribution in [1.82, 2.24) is 4.98 Å². The molecule has 1 aliphatic rings. The molecule has 1 saturated heterocycles. The third kappa shape index (κ3) is 1.73. The predicted molar refractivity (Wildman–Crippen MR) is 48.8 cm³/mol. The van der Waals surface area contributed by atoms with E-state index in [-0.39, 0.29) is 0 Å². The lowest BCUT2D eigenvalue weighted by atomic mass is 10.6. The van der Waals surface area contributed by atoms with Gasteiger partial charge in [-0.1, -0.05) is 0 Å². The summed E-state index contributed by atoms with van der Waals surface area (Å²) in [5.74, 6) is 3.51. The molecule has 0 aliphatic carbocycles. The second-order valence-electron chi connectivity index (χ2n) is 2.33. The van der Waals surface area contributed by atoms with E-state index in [2.05, 4.69) is 4.98 Å². The molecule has 1 aliphatic heterocycles. The third-order valence-electron chi connectivity index (χ3n) is 1.51. The van der Waals surface area contributed by atoms with Gasteiger partial charge in [-0.25, -0.2) is 4.98 Å². The number of rotatable bonds is 1. The largest absolute Gasteiger partial charge is 0.446 e. The molecular weight excluding hydrogens is 178 g/mol. The van der Waals surface area contributed by atoms with Crippen molar-refractivity contribution < 1.29 is 4.42 Å². The Morgan fingerprint density at radius 3 is 2.91 bits per heavy atom. The van der Waals surface area contributed by atoms with Crippen molar-refractivity contribution in [2.75, 3.05) is 11.5 Å². The van der Waals surface area contributed by atoms with Crippen LogP contribution in [0.2, 0.25) is 0 Å². The van der Waals surface area contributed by atoms with Crippen LogP contribution in [0.5, 0.6) is 0 Å². The number of hydrogen-bond acceptors (Lipinski definition) is 4. The highest BCUT2D eigenvalue weighted by molar-refractivity contribution is 8.16. The molecule has 11 heavy (non-hydrogen) atoms. The minimum Gasteiger partial charge on any atom is -0.446 e. The molecule has 0 spiro atoms. The van der Waals surface area contributed by atoms with E-state index in [1.54, 1.807) is 0 Å². The summed E-state index contributed by atoms with van der Waals surface area (Å²) in [5, 5.41) is 0. The van der Waals surface area contributed by atoms with E-state index < -0.39 is 0 Å². The molecule has 1 fully saturated rings. The minimum absolute atomic E-state index is 0.492. The fourth-order valence-electron chi connectivity index (χ4n) is 0.994. The van der Waals surface area contributed by atoms with Gasteiger partial charge in [0.1, 0.15) is 10.3 Å². The highest BCUT2D eigenvalue weighted by Gasteiger charge is 2.18. The Hall–Kier alpha value is -0.0900. The van der Waals surface area contributed by atoms with Crippen LogP contribution in [-0.4, -0.2) is 16.5 Å². The maximum Gasteiger partial charge on any atom is 0.180 e. The molecule has 0 bridgehead atoms. The van der Waals surface area contributed by atoms with E-state index in [0.717, 1.165) is 5.76 Å². The van der Waals surface area contributed by atoms with Crippen molar-refractivity contribution in [2.45, 2.75) is 11.0 Å². The first kappa shape index (κ1) is 7.55. The molecule has 0 unspecified atom stereocenters. The summed E-state index contributed by atoms with van der Waals surface area (Å²) in [5.41, 5.74) is 0. The van der Waals surface area contributed by atoms with Crippen molar-refractivity contribution in [3.05, 3.63) is 18.4 Å². The minimum atomic E-state index is 0.492. The van der Waals surface area contributed by atoms with Crippen molar-refractivity contribution >= 4 is 23.5 Å². The Morgan fingerprint density at radius 1 is 1.45 bits per heavy atom. The fraction of sp³-hybridized carbons (Fsp3) is 0.571. The van der Waals surface area contributed by atoms with Crippen molar-refractivity contribution in [2.24, 2.45) is 0 Å². The first-order valence-electron chi connectivity index (χ1n) is 3.58. The highest BCUT2D eigenvalue weighted by Crippen LogP contribution is 2.43. The first-order valence-corrected chi connectivity index (χ1v) is 5.68. The number of nitrogens with zero attached hydrogens (tertiary/aromatic N) is 1. The summed E-state index contributed by atoms with van der Waals surface area (Å²) < 4.78 is 5.71. The Kier molecular flexibility index (Phi) is 2.43. The van der Waals surface area contributed by atoms with Gasteiger partial charge in [0.25, 0.3) is 0 Å². The number of aromatic nitrogens is 1. The van der Waals surface area contributed by atoms with E-state index in [1.165, 1.54) is 24.3 Å². The van der Waals surface area contributed by atoms with Crippen molar-refractivity contribution in [3.63, 3.8) is 0 Å². The van der Waals surface area contributed by atoms with Crippen LogP contribution in [0.25, 0.3) is 0 Å². The van der Waals surface area contributed by atoms with Crippen molar-refractivity contribution in [3.8, 4) is 0 Å². The molecule has 0 aromatic carbocycles. The molecule has 0 amide bonds. The molecule has 2 heterocycles. The lowest BCUT2D eigenvalue weighted by Gasteiger charge is -2.17. The van der Waals surface area contributed by atoms with Gasteiger partial charge in [-0.05, 0) is 17.9 Å². The van der Waals surface area contributed by atoms with Crippen LogP contribution >= 0.6 is 23.5 Å². The molecular formula is C7H9NOS2. The fourth-order valence-corrected chi connectivity index (χ4v) is 3.75. The topological polar surface area (TPSA) is 26.0 Å². The normalized spacial score (nSPS) is 20.4. The van der Waals surface area contributed by atoms with E-state index in [9.17, 15) is 0 Å². The van der Waals surface area contributed by atoms with E-state index >= 15 is 0 Å². The van der Waals surface area contributed by atoms with Crippen molar-refractivity contribution in [1.29, 1.82) is 0 Å². The zero-order chi connectivity index (χ0) is 7.52. The number of thioether (sulfide) groups is 2. The van der Waals surface area contributed by atoms with Gasteiger partial charge in [0.15, 0.2) is 6.39 Å². The summed E-state index contributed by atoms with van der Waals surface area (Å²) in [4.78, 5) is 3.90. The van der Waals surface area contributed by atoms with E-state index in [0.29, 0.717) is 4.58 Å². The van der Waals surface area contributed by atoms with E-state index in [1.807, 2.05) is 29.7 Å². The average Bonchev–Trinajstić information content (AvgIpc) is 2.58. The molecule has 1 aromatic heterocycles. The Morgan fingerprint density at radius 2 is 2.27 bits per heavy atom. The molecule has 2 rings (SSSR count). The molecule has 0 saturated carbocycles. The van der Waals surface area contributed by atoms with Gasteiger partial charge in [0, 0.05) is 0 Å². The monoisotopic (exact) mass is 187 g/mol. The lowest BCUT2D eigenvalue weighted by Crippen LogP contribution is -1.98. The zero-order valence-electron chi connectivity index (χ0n) is 6.03. The van der Waals surface area contributed by atoms with Crippen LogP contribution in [0.1, 0.15) is 16.8 Å². The first-order chi connectivity index (χ1) is 5.47. The zero-order valence-corrected chi connectivity index (χ0v) is 7.66. The van der Waals surface area contributed by atoms with Gasteiger partial charge in [-0.2, -0.15) is 0 Å². The van der Waals surface area contributed by atoms with Crippen LogP contribution in [0, 0.1) is 0 Å². The van der Waals surface area contributed by atoms with Gasteiger partial charge in [-0.15, -0.1) is 23.5 Å². The molecule has 60 valence electrons. The van der Waals surface area contributed by atoms with E-state index in [4.69, 9.17) is 4.42 Å². The summed E-state index contributed by atoms with van der Waals surface area (Å²) in [6, 6.07) is 0. The van der Waals surface area contributed by atoms with Gasteiger partial charge < -0.3 is 4.42 Å². The average molecular weight is 187 g/mol. The molecule has 0 atom stereocenters. The van der Waals surface area contributed by atoms with Crippen LogP contribution in [0.4, 0.5) is 0 Å². The Labute approximate surface area is 74.1 Å². The molecule has 2 nitrogen and oxygen atoms in total. The second kappa shape index (κ2) is 3.54. The SMILES string of the molecule is c1ncc(C2SCCCS2)o1.